The predicted molar refractivity (Wildman–Crippen MR) is 85.8 cm³/mol. The van der Waals surface area contributed by atoms with E-state index in [1.54, 1.807) is 11.3 Å². The van der Waals surface area contributed by atoms with Gasteiger partial charge in [0.1, 0.15) is 5.01 Å². The Hall–Kier alpha value is -1.46. The van der Waals surface area contributed by atoms with Crippen molar-refractivity contribution in [3.8, 4) is 0 Å². The number of hydrogen-bond donors (Lipinski definition) is 1. The summed E-state index contributed by atoms with van der Waals surface area (Å²) in [5, 5.41) is 20.5. The van der Waals surface area contributed by atoms with Gasteiger partial charge in [0.15, 0.2) is 0 Å². The largest absolute Gasteiger partial charge is 0.393 e. The fraction of sp³-hybridized carbons (Fsp3) is 0.500. The van der Waals surface area contributed by atoms with Gasteiger partial charge in [0.25, 0.3) is 0 Å². The van der Waals surface area contributed by atoms with E-state index < -0.39 is 0 Å². The Morgan fingerprint density at radius 3 is 2.90 bits per heavy atom. The van der Waals surface area contributed by atoms with Crippen LogP contribution in [0.25, 0.3) is 0 Å². The quantitative estimate of drug-likeness (QED) is 0.943. The van der Waals surface area contributed by atoms with Crippen molar-refractivity contribution in [2.45, 2.75) is 32.3 Å². The van der Waals surface area contributed by atoms with Crippen LogP contribution in [0.4, 0.5) is 5.13 Å². The second-order valence-corrected chi connectivity index (χ2v) is 6.77. The monoisotopic (exact) mass is 303 g/mol. The zero-order chi connectivity index (χ0) is 14.7. The SMILES string of the molecule is C[C@H](O)[C@@H]1CCCN(c2nnc(Cc3ccccc3)s2)C1. The lowest BCUT2D eigenvalue weighted by Crippen LogP contribution is -2.39. The van der Waals surface area contributed by atoms with E-state index in [-0.39, 0.29) is 6.10 Å². The maximum Gasteiger partial charge on any atom is 0.208 e. The van der Waals surface area contributed by atoms with Crippen LogP contribution < -0.4 is 4.90 Å². The minimum absolute atomic E-state index is 0.246. The number of aliphatic hydroxyl groups excluding tert-OH is 1. The van der Waals surface area contributed by atoms with Crippen molar-refractivity contribution in [2.75, 3.05) is 18.0 Å². The van der Waals surface area contributed by atoms with Gasteiger partial charge in [-0.15, -0.1) is 10.2 Å². The van der Waals surface area contributed by atoms with E-state index in [0.717, 1.165) is 42.5 Å². The van der Waals surface area contributed by atoms with E-state index in [0.29, 0.717) is 5.92 Å². The van der Waals surface area contributed by atoms with Crippen LogP contribution in [0.3, 0.4) is 0 Å². The summed E-state index contributed by atoms with van der Waals surface area (Å²) in [5.74, 6) is 0.347. The van der Waals surface area contributed by atoms with Crippen LogP contribution in [0.1, 0.15) is 30.3 Å². The van der Waals surface area contributed by atoms with Crippen LogP contribution >= 0.6 is 11.3 Å². The molecule has 21 heavy (non-hydrogen) atoms. The Morgan fingerprint density at radius 2 is 2.14 bits per heavy atom. The summed E-state index contributed by atoms with van der Waals surface area (Å²) in [5.41, 5.74) is 1.26. The second-order valence-electron chi connectivity index (χ2n) is 5.73. The van der Waals surface area contributed by atoms with E-state index in [4.69, 9.17) is 0 Å². The minimum Gasteiger partial charge on any atom is -0.393 e. The average molecular weight is 303 g/mol. The number of hydrogen-bond acceptors (Lipinski definition) is 5. The first kappa shape index (κ1) is 14.5. The molecule has 2 heterocycles. The smallest absolute Gasteiger partial charge is 0.208 e. The van der Waals surface area contributed by atoms with E-state index in [2.05, 4.69) is 39.4 Å². The highest BCUT2D eigenvalue weighted by Gasteiger charge is 2.25. The lowest BCUT2D eigenvalue weighted by molar-refractivity contribution is 0.115. The molecule has 3 rings (SSSR count). The first-order valence-corrected chi connectivity index (χ1v) is 8.33. The molecule has 1 aliphatic heterocycles. The lowest BCUT2D eigenvalue weighted by Gasteiger charge is -2.33. The fourth-order valence-electron chi connectivity index (χ4n) is 2.79. The highest BCUT2D eigenvalue weighted by atomic mass is 32.1. The van der Waals surface area contributed by atoms with Gasteiger partial charge in [0.2, 0.25) is 5.13 Å². The number of benzene rings is 1. The van der Waals surface area contributed by atoms with Gasteiger partial charge < -0.3 is 10.0 Å². The molecule has 0 amide bonds. The Balaban J connectivity index is 1.67. The van der Waals surface area contributed by atoms with Crippen LogP contribution in [-0.4, -0.2) is 34.5 Å². The molecule has 2 aromatic rings. The Kier molecular flexibility index (Phi) is 4.51. The molecule has 0 spiro atoms. The predicted octanol–water partition coefficient (Wildman–Crippen LogP) is 2.73. The van der Waals surface area contributed by atoms with E-state index in [1.807, 2.05) is 13.0 Å². The standard InChI is InChI=1S/C16H21N3OS/c1-12(20)14-8-5-9-19(11-14)16-18-17-15(21-16)10-13-6-3-2-4-7-13/h2-4,6-7,12,14,20H,5,8-11H2,1H3/t12-,14+/m0/s1. The third kappa shape index (κ3) is 3.60. The van der Waals surface area contributed by atoms with Gasteiger partial charge >= 0.3 is 0 Å². The third-order valence-electron chi connectivity index (χ3n) is 4.06. The molecule has 1 aromatic heterocycles. The van der Waals surface area contributed by atoms with Gasteiger partial charge in [-0.1, -0.05) is 41.7 Å². The minimum atomic E-state index is -0.246. The molecule has 1 fully saturated rings. The van der Waals surface area contributed by atoms with Crippen LogP contribution in [-0.2, 0) is 6.42 Å². The Morgan fingerprint density at radius 1 is 1.33 bits per heavy atom. The number of piperidine rings is 1. The molecule has 0 aliphatic carbocycles. The summed E-state index contributed by atoms with van der Waals surface area (Å²) < 4.78 is 0. The number of nitrogens with zero attached hydrogens (tertiary/aromatic N) is 3. The van der Waals surface area contributed by atoms with E-state index in [1.165, 1.54) is 5.56 Å². The first-order chi connectivity index (χ1) is 10.2. The fourth-order valence-corrected chi connectivity index (χ4v) is 3.70. The molecule has 1 aliphatic rings. The van der Waals surface area contributed by atoms with Crippen molar-refractivity contribution in [2.24, 2.45) is 5.92 Å². The zero-order valence-electron chi connectivity index (χ0n) is 12.3. The molecule has 0 radical (unpaired) electrons. The molecule has 0 bridgehead atoms. The highest BCUT2D eigenvalue weighted by molar-refractivity contribution is 7.15. The van der Waals surface area contributed by atoms with Crippen LogP contribution in [0.2, 0.25) is 0 Å². The zero-order valence-corrected chi connectivity index (χ0v) is 13.1. The molecular formula is C16H21N3OS. The summed E-state index contributed by atoms with van der Waals surface area (Å²) >= 11 is 1.67. The Bertz CT molecular complexity index is 570. The number of rotatable bonds is 4. The average Bonchev–Trinajstić information content (AvgIpc) is 2.97. The van der Waals surface area contributed by atoms with Gasteiger partial charge in [-0.2, -0.15) is 0 Å². The molecule has 1 saturated heterocycles. The van der Waals surface area contributed by atoms with Gasteiger partial charge in [-0.3, -0.25) is 0 Å². The van der Waals surface area contributed by atoms with Crippen LogP contribution in [0.5, 0.6) is 0 Å². The topological polar surface area (TPSA) is 49.2 Å². The van der Waals surface area contributed by atoms with Crippen molar-refractivity contribution < 1.29 is 5.11 Å². The molecule has 2 atom stereocenters. The maximum absolute atomic E-state index is 9.78. The molecule has 0 saturated carbocycles. The van der Waals surface area contributed by atoms with Gasteiger partial charge in [0, 0.05) is 25.4 Å². The van der Waals surface area contributed by atoms with Gasteiger partial charge in [-0.05, 0) is 25.3 Å². The van der Waals surface area contributed by atoms with Crippen molar-refractivity contribution in [3.63, 3.8) is 0 Å². The van der Waals surface area contributed by atoms with Gasteiger partial charge in [-0.25, -0.2) is 0 Å². The first-order valence-electron chi connectivity index (χ1n) is 7.51. The second kappa shape index (κ2) is 6.54. The van der Waals surface area contributed by atoms with Crippen molar-refractivity contribution >= 4 is 16.5 Å². The molecule has 5 heteroatoms. The highest BCUT2D eigenvalue weighted by Crippen LogP contribution is 2.28. The number of aliphatic hydroxyl groups is 1. The number of anilines is 1. The van der Waals surface area contributed by atoms with E-state index in [9.17, 15) is 5.11 Å². The third-order valence-corrected chi connectivity index (χ3v) is 5.05. The van der Waals surface area contributed by atoms with Crippen LogP contribution in [0.15, 0.2) is 30.3 Å². The van der Waals surface area contributed by atoms with Crippen molar-refractivity contribution in [3.05, 3.63) is 40.9 Å². The van der Waals surface area contributed by atoms with Crippen LogP contribution in [0, 0.1) is 5.92 Å². The van der Waals surface area contributed by atoms with Crippen molar-refractivity contribution in [1.82, 2.24) is 10.2 Å². The summed E-state index contributed by atoms with van der Waals surface area (Å²) in [4.78, 5) is 2.27. The van der Waals surface area contributed by atoms with E-state index >= 15 is 0 Å². The summed E-state index contributed by atoms with van der Waals surface area (Å²) in [6, 6.07) is 10.4. The summed E-state index contributed by atoms with van der Waals surface area (Å²) in [7, 11) is 0. The lowest BCUT2D eigenvalue weighted by atomic mass is 9.94. The van der Waals surface area contributed by atoms with Gasteiger partial charge in [0.05, 0.1) is 6.10 Å². The number of aromatic nitrogens is 2. The molecular weight excluding hydrogens is 282 g/mol. The maximum atomic E-state index is 9.78. The van der Waals surface area contributed by atoms with Crippen molar-refractivity contribution in [1.29, 1.82) is 0 Å². The molecule has 4 nitrogen and oxygen atoms in total. The molecule has 1 N–H and O–H groups in total. The molecule has 0 unspecified atom stereocenters. The molecule has 1 aromatic carbocycles. The summed E-state index contributed by atoms with van der Waals surface area (Å²) in [6.45, 7) is 3.79. The summed E-state index contributed by atoms with van der Waals surface area (Å²) in [6.07, 6.45) is 2.81. The Labute approximate surface area is 129 Å². The normalized spacial score (nSPS) is 20.5. The molecule has 112 valence electrons.